The van der Waals surface area contributed by atoms with E-state index in [-0.39, 0.29) is 17.9 Å². The second-order valence-electron chi connectivity index (χ2n) is 6.65. The lowest BCUT2D eigenvalue weighted by molar-refractivity contribution is -0.132. The maximum atomic E-state index is 12.5. The topological polar surface area (TPSA) is 93.3 Å². The van der Waals surface area contributed by atoms with Crippen molar-refractivity contribution in [3.05, 3.63) is 30.7 Å². The number of piperidine rings is 1. The van der Waals surface area contributed by atoms with E-state index < -0.39 is 6.04 Å². The average molecular weight is 343 g/mol. The molecule has 0 aromatic carbocycles. The van der Waals surface area contributed by atoms with Crippen molar-refractivity contribution >= 4 is 22.7 Å². The highest BCUT2D eigenvalue weighted by Gasteiger charge is 2.24. The van der Waals surface area contributed by atoms with Gasteiger partial charge in [-0.15, -0.1) is 0 Å². The van der Waals surface area contributed by atoms with Crippen molar-refractivity contribution in [1.82, 2.24) is 19.8 Å². The van der Waals surface area contributed by atoms with Gasteiger partial charge in [0, 0.05) is 49.9 Å². The van der Waals surface area contributed by atoms with Gasteiger partial charge >= 0.3 is 0 Å². The third-order valence-corrected chi connectivity index (χ3v) is 4.75. The molecule has 0 spiro atoms. The second-order valence-corrected chi connectivity index (χ2v) is 6.65. The van der Waals surface area contributed by atoms with Crippen molar-refractivity contribution < 1.29 is 9.59 Å². The normalized spacial score (nSPS) is 16.8. The highest BCUT2D eigenvalue weighted by atomic mass is 16.2. The van der Waals surface area contributed by atoms with Crippen molar-refractivity contribution in [3.8, 4) is 0 Å². The summed E-state index contributed by atoms with van der Waals surface area (Å²) in [6, 6.07) is 3.62. The lowest BCUT2D eigenvalue weighted by Crippen LogP contribution is -2.49. The van der Waals surface area contributed by atoms with Crippen LogP contribution in [-0.2, 0) is 16.1 Å². The molecule has 3 heterocycles. The number of hydrogen-bond donors (Lipinski definition) is 2. The monoisotopic (exact) mass is 343 g/mol. The summed E-state index contributed by atoms with van der Waals surface area (Å²) in [4.78, 5) is 30.1. The molecule has 1 atom stereocenters. The quantitative estimate of drug-likeness (QED) is 0.843. The number of nitrogens with zero attached hydrogens (tertiary/aromatic N) is 3. The first kappa shape index (κ1) is 17.4. The number of pyridine rings is 1. The molecule has 0 unspecified atom stereocenters. The number of nitrogens with one attached hydrogen (secondary N) is 1. The smallest absolute Gasteiger partial charge is 0.236 e. The van der Waals surface area contributed by atoms with Gasteiger partial charge in [-0.25, -0.2) is 0 Å². The predicted molar refractivity (Wildman–Crippen MR) is 95.7 cm³/mol. The number of amides is 2. The molecule has 2 aromatic rings. The second kappa shape index (κ2) is 7.65. The Bertz CT molecular complexity index is 747. The summed E-state index contributed by atoms with van der Waals surface area (Å²) in [7, 11) is 0. The summed E-state index contributed by atoms with van der Waals surface area (Å²) in [5.74, 6) is 0.0283. The van der Waals surface area contributed by atoms with E-state index >= 15 is 0 Å². The summed E-state index contributed by atoms with van der Waals surface area (Å²) in [5, 5.41) is 4.07. The molecule has 7 nitrogen and oxygen atoms in total. The van der Waals surface area contributed by atoms with Gasteiger partial charge in [0.2, 0.25) is 11.8 Å². The van der Waals surface area contributed by atoms with Crippen molar-refractivity contribution in [2.24, 2.45) is 5.73 Å². The number of likely N-dealkylation sites (tertiary alicyclic amines) is 1. The fraction of sp³-hybridized carbons (Fsp3) is 0.500. The Balaban J connectivity index is 1.47. The maximum absolute atomic E-state index is 12.5. The van der Waals surface area contributed by atoms with Crippen LogP contribution >= 0.6 is 0 Å². The van der Waals surface area contributed by atoms with Gasteiger partial charge in [0.15, 0.2) is 0 Å². The van der Waals surface area contributed by atoms with Gasteiger partial charge in [0.25, 0.3) is 0 Å². The molecule has 3 rings (SSSR count). The van der Waals surface area contributed by atoms with Gasteiger partial charge < -0.3 is 20.5 Å². The minimum absolute atomic E-state index is 0.113. The van der Waals surface area contributed by atoms with E-state index in [0.717, 1.165) is 23.7 Å². The SMILES string of the molecule is C[C@@H](N)C(=O)NC1CCN(C(=O)CCn2ccc3ccncc32)CC1. The Morgan fingerprint density at radius 1 is 1.36 bits per heavy atom. The van der Waals surface area contributed by atoms with Crippen LogP contribution in [-0.4, -0.2) is 51.4 Å². The molecular formula is C18H25N5O2. The fourth-order valence-corrected chi connectivity index (χ4v) is 3.20. The number of carbonyl (C=O) groups excluding carboxylic acids is 2. The molecule has 2 aromatic heterocycles. The Labute approximate surface area is 147 Å². The van der Waals surface area contributed by atoms with E-state index in [4.69, 9.17) is 5.73 Å². The largest absolute Gasteiger partial charge is 0.352 e. The van der Waals surface area contributed by atoms with Crippen LogP contribution in [0.15, 0.2) is 30.7 Å². The van der Waals surface area contributed by atoms with Crippen LogP contribution in [0.4, 0.5) is 0 Å². The van der Waals surface area contributed by atoms with Crippen LogP contribution in [0.2, 0.25) is 0 Å². The van der Waals surface area contributed by atoms with Crippen molar-refractivity contribution in [2.45, 2.75) is 44.8 Å². The minimum atomic E-state index is -0.495. The van der Waals surface area contributed by atoms with E-state index in [1.54, 1.807) is 13.1 Å². The van der Waals surface area contributed by atoms with Crippen molar-refractivity contribution in [1.29, 1.82) is 0 Å². The Hall–Kier alpha value is -2.41. The molecule has 0 saturated carbocycles. The van der Waals surface area contributed by atoms with Gasteiger partial charge in [0.05, 0.1) is 17.8 Å². The summed E-state index contributed by atoms with van der Waals surface area (Å²) in [6.45, 7) is 3.68. The van der Waals surface area contributed by atoms with Gasteiger partial charge in [-0.1, -0.05) is 0 Å². The fourth-order valence-electron chi connectivity index (χ4n) is 3.20. The first-order valence-corrected chi connectivity index (χ1v) is 8.77. The van der Waals surface area contributed by atoms with Gasteiger partial charge in [-0.3, -0.25) is 14.6 Å². The summed E-state index contributed by atoms with van der Waals surface area (Å²) >= 11 is 0. The standard InChI is InChI=1S/C18H25N5O2/c1-13(19)18(25)21-15-4-9-23(10-5-15)17(24)6-11-22-8-3-14-2-7-20-12-16(14)22/h2-3,7-8,12-13,15H,4-6,9-11,19H2,1H3,(H,21,25)/t13-/m1/s1. The average Bonchev–Trinajstić information content (AvgIpc) is 3.03. The third kappa shape index (κ3) is 4.17. The van der Waals surface area contributed by atoms with E-state index in [0.29, 0.717) is 26.1 Å². The first-order chi connectivity index (χ1) is 12.0. The molecule has 25 heavy (non-hydrogen) atoms. The van der Waals surface area contributed by atoms with E-state index in [9.17, 15) is 9.59 Å². The van der Waals surface area contributed by atoms with Crippen LogP contribution in [0, 0.1) is 0 Å². The molecule has 2 amide bonds. The Morgan fingerprint density at radius 3 is 2.84 bits per heavy atom. The first-order valence-electron chi connectivity index (χ1n) is 8.77. The van der Waals surface area contributed by atoms with Crippen molar-refractivity contribution in [3.63, 3.8) is 0 Å². The minimum Gasteiger partial charge on any atom is -0.352 e. The molecule has 3 N–H and O–H groups in total. The maximum Gasteiger partial charge on any atom is 0.236 e. The molecular weight excluding hydrogens is 318 g/mol. The molecule has 1 saturated heterocycles. The number of fused-ring (bicyclic) bond motifs is 1. The van der Waals surface area contributed by atoms with Crippen LogP contribution < -0.4 is 11.1 Å². The van der Waals surface area contributed by atoms with Gasteiger partial charge in [-0.05, 0) is 31.9 Å². The van der Waals surface area contributed by atoms with Gasteiger partial charge in [-0.2, -0.15) is 0 Å². The number of aryl methyl sites for hydroxylation is 1. The summed E-state index contributed by atoms with van der Waals surface area (Å²) in [6.07, 6.45) is 7.62. The lowest BCUT2D eigenvalue weighted by atomic mass is 10.0. The highest BCUT2D eigenvalue weighted by molar-refractivity contribution is 5.81. The lowest BCUT2D eigenvalue weighted by Gasteiger charge is -2.32. The molecule has 1 aliphatic rings. The molecule has 1 fully saturated rings. The zero-order valence-electron chi connectivity index (χ0n) is 14.5. The molecule has 134 valence electrons. The van der Waals surface area contributed by atoms with Crippen LogP contribution in [0.5, 0.6) is 0 Å². The van der Waals surface area contributed by atoms with Gasteiger partial charge in [0.1, 0.15) is 0 Å². The number of carbonyl (C=O) groups is 2. The predicted octanol–water partition coefficient (Wildman–Crippen LogP) is 0.881. The molecule has 1 aliphatic heterocycles. The molecule has 0 bridgehead atoms. The Kier molecular flexibility index (Phi) is 5.33. The molecule has 7 heteroatoms. The van der Waals surface area contributed by atoms with Crippen LogP contribution in [0.25, 0.3) is 10.9 Å². The highest BCUT2D eigenvalue weighted by Crippen LogP contribution is 2.16. The van der Waals surface area contributed by atoms with E-state index in [1.165, 1.54) is 0 Å². The Morgan fingerprint density at radius 2 is 2.12 bits per heavy atom. The number of nitrogens with two attached hydrogens (primary N) is 1. The molecule has 0 radical (unpaired) electrons. The summed E-state index contributed by atoms with van der Waals surface area (Å²) in [5.41, 5.74) is 6.62. The molecule has 0 aliphatic carbocycles. The van der Waals surface area contributed by atoms with Crippen LogP contribution in [0.3, 0.4) is 0 Å². The zero-order chi connectivity index (χ0) is 17.8. The summed E-state index contributed by atoms with van der Waals surface area (Å²) < 4.78 is 2.07. The number of hydrogen-bond acceptors (Lipinski definition) is 4. The van der Waals surface area contributed by atoms with Crippen LogP contribution in [0.1, 0.15) is 26.2 Å². The number of rotatable bonds is 5. The third-order valence-electron chi connectivity index (χ3n) is 4.75. The van der Waals surface area contributed by atoms with E-state index in [2.05, 4.69) is 14.9 Å². The van der Waals surface area contributed by atoms with E-state index in [1.807, 2.05) is 29.4 Å². The zero-order valence-corrected chi connectivity index (χ0v) is 14.5. The number of aromatic nitrogens is 2. The van der Waals surface area contributed by atoms with Crippen molar-refractivity contribution in [2.75, 3.05) is 13.1 Å².